The number of carbonyl (C=O) groups excluding carboxylic acids is 3. The zero-order valence-corrected chi connectivity index (χ0v) is 23.7. The Balaban J connectivity index is 1.14. The number of unbranched alkanes of at least 4 members (excludes halogenated alkanes) is 3. The Morgan fingerprint density at radius 2 is 1.53 bits per heavy atom. The summed E-state index contributed by atoms with van der Waals surface area (Å²) in [5.74, 6) is 1.19. The molecule has 0 aromatic heterocycles. The summed E-state index contributed by atoms with van der Waals surface area (Å²) < 4.78 is 16.3. The van der Waals surface area contributed by atoms with E-state index in [1.165, 1.54) is 24.6 Å². The molecule has 3 atom stereocenters. The molecule has 0 saturated heterocycles. The molecule has 2 aromatic carbocycles. The third-order valence-electron chi connectivity index (χ3n) is 7.88. The molecule has 228 valence electrons. The van der Waals surface area contributed by atoms with Gasteiger partial charge in [0.2, 0.25) is 0 Å². The minimum atomic E-state index is -0.737. The van der Waals surface area contributed by atoms with Crippen LogP contribution in [-0.2, 0) is 32.3 Å². The van der Waals surface area contributed by atoms with Crippen LogP contribution in [0.2, 0.25) is 0 Å². The van der Waals surface area contributed by atoms with E-state index in [9.17, 15) is 34.6 Å². The average Bonchev–Trinajstić information content (AvgIpc) is 3.63. The van der Waals surface area contributed by atoms with E-state index < -0.39 is 33.8 Å². The van der Waals surface area contributed by atoms with Crippen LogP contribution in [0.1, 0.15) is 72.9 Å². The van der Waals surface area contributed by atoms with E-state index in [4.69, 9.17) is 14.2 Å². The van der Waals surface area contributed by atoms with Crippen molar-refractivity contribution in [2.24, 2.45) is 17.8 Å². The van der Waals surface area contributed by atoms with E-state index in [1.807, 2.05) is 0 Å². The van der Waals surface area contributed by atoms with Crippen molar-refractivity contribution in [1.82, 2.24) is 0 Å². The van der Waals surface area contributed by atoms with Gasteiger partial charge in [0.05, 0.1) is 22.0 Å². The highest BCUT2D eigenvalue weighted by Crippen LogP contribution is 2.43. The van der Waals surface area contributed by atoms with E-state index in [1.54, 1.807) is 6.07 Å². The first kappa shape index (κ1) is 31.3. The summed E-state index contributed by atoms with van der Waals surface area (Å²) in [5.41, 5.74) is -0.533. The van der Waals surface area contributed by atoms with Crippen molar-refractivity contribution in [3.8, 4) is 5.75 Å². The number of benzene rings is 2. The number of aldehydes is 1. The number of allylic oxidation sites excluding steroid dienone is 2. The lowest BCUT2D eigenvalue weighted by Gasteiger charge is -2.17. The Bertz CT molecular complexity index is 1360. The molecule has 12 nitrogen and oxygen atoms in total. The molecule has 1 saturated carbocycles. The molecule has 2 aliphatic carbocycles. The smallest absolute Gasteiger partial charge is 0.306 e. The predicted molar refractivity (Wildman–Crippen MR) is 153 cm³/mol. The van der Waals surface area contributed by atoms with E-state index in [2.05, 4.69) is 12.2 Å². The lowest BCUT2D eigenvalue weighted by molar-refractivity contribution is -0.396. The minimum absolute atomic E-state index is 0.0696. The molecule has 2 aliphatic rings. The normalized spacial score (nSPS) is 18.3. The highest BCUT2D eigenvalue weighted by molar-refractivity contribution is 5.79. The maximum atomic E-state index is 12.2. The lowest BCUT2D eigenvalue weighted by Crippen LogP contribution is -2.17. The van der Waals surface area contributed by atoms with E-state index in [-0.39, 0.29) is 35.9 Å². The summed E-state index contributed by atoms with van der Waals surface area (Å²) in [6.45, 7) is -0.0632. The quantitative estimate of drug-likeness (QED) is 0.0527. The largest absolute Gasteiger partial charge is 0.488 e. The molecule has 1 fully saturated rings. The number of ether oxygens (including phenoxy) is 3. The highest BCUT2D eigenvalue weighted by Gasteiger charge is 2.36. The summed E-state index contributed by atoms with van der Waals surface area (Å²) in [5, 5.41) is 22.7. The maximum Gasteiger partial charge on any atom is 0.306 e. The molecule has 0 heterocycles. The van der Waals surface area contributed by atoms with Crippen molar-refractivity contribution in [3.63, 3.8) is 0 Å². The molecule has 4 rings (SSSR count). The van der Waals surface area contributed by atoms with Gasteiger partial charge in [-0.25, -0.2) is 0 Å². The molecule has 0 spiro atoms. The molecule has 0 N–H and O–H groups in total. The number of fused-ring (bicyclic) bond motifs is 2. The molecule has 0 radical (unpaired) electrons. The summed E-state index contributed by atoms with van der Waals surface area (Å²) >= 11 is 0. The summed E-state index contributed by atoms with van der Waals surface area (Å²) in [7, 11) is 0. The number of nitrogens with zero attached hydrogens (tertiary/aromatic N) is 2. The van der Waals surface area contributed by atoms with Gasteiger partial charge < -0.3 is 14.2 Å². The molecular formula is C31H34N2O10. The number of rotatable bonds is 17. The first-order valence-corrected chi connectivity index (χ1v) is 14.4. The van der Waals surface area contributed by atoms with Gasteiger partial charge in [0.1, 0.15) is 24.5 Å². The van der Waals surface area contributed by atoms with Crippen LogP contribution in [0, 0.1) is 38.0 Å². The third-order valence-corrected chi connectivity index (χ3v) is 7.88. The van der Waals surface area contributed by atoms with Crippen LogP contribution in [0.3, 0.4) is 0 Å². The van der Waals surface area contributed by atoms with Crippen molar-refractivity contribution < 1.29 is 38.4 Å². The number of nitro groups is 2. The molecule has 2 aromatic rings. The van der Waals surface area contributed by atoms with Gasteiger partial charge in [-0.05, 0) is 67.2 Å². The van der Waals surface area contributed by atoms with Gasteiger partial charge >= 0.3 is 11.9 Å². The molecule has 12 heteroatoms. The first-order valence-electron chi connectivity index (χ1n) is 14.4. The zero-order valence-electron chi connectivity index (χ0n) is 23.7. The number of carbonyl (C=O) groups is 3. The van der Waals surface area contributed by atoms with Crippen molar-refractivity contribution in [1.29, 1.82) is 0 Å². The minimum Gasteiger partial charge on any atom is -0.488 e. The first-order chi connectivity index (χ1) is 20.7. The second kappa shape index (κ2) is 15.0. The van der Waals surface area contributed by atoms with Gasteiger partial charge in [-0.15, -0.1) is 0 Å². The number of esters is 2. The van der Waals surface area contributed by atoms with Crippen LogP contribution in [0.5, 0.6) is 5.75 Å². The van der Waals surface area contributed by atoms with Crippen LogP contribution in [0.15, 0.2) is 48.6 Å². The Labute approximate surface area is 248 Å². The Kier molecular flexibility index (Phi) is 11.0. The highest BCUT2D eigenvalue weighted by atomic mass is 16.6. The summed E-state index contributed by atoms with van der Waals surface area (Å²) in [6.07, 6.45) is 10.8. The maximum absolute atomic E-state index is 12.2. The average molecular weight is 595 g/mol. The van der Waals surface area contributed by atoms with Gasteiger partial charge in [0, 0.05) is 25.0 Å². The zero-order chi connectivity index (χ0) is 30.8. The topological polar surface area (TPSA) is 165 Å². The van der Waals surface area contributed by atoms with Gasteiger partial charge in [-0.3, -0.25) is 34.6 Å². The molecule has 43 heavy (non-hydrogen) atoms. The van der Waals surface area contributed by atoms with Gasteiger partial charge in [-0.2, -0.15) is 0 Å². The fraction of sp³-hybridized carbons (Fsp3) is 0.452. The van der Waals surface area contributed by atoms with Crippen LogP contribution in [0.25, 0.3) is 0 Å². The van der Waals surface area contributed by atoms with Gasteiger partial charge in [0.15, 0.2) is 6.29 Å². The van der Waals surface area contributed by atoms with E-state index >= 15 is 0 Å². The Hall–Kier alpha value is -4.61. The molecular weight excluding hydrogens is 560 g/mol. The Morgan fingerprint density at radius 1 is 0.860 bits per heavy atom. The monoisotopic (exact) mass is 594 g/mol. The number of hydrogen-bond donors (Lipinski definition) is 0. The predicted octanol–water partition coefficient (Wildman–Crippen LogP) is 6.03. The van der Waals surface area contributed by atoms with Crippen molar-refractivity contribution in [2.45, 2.75) is 64.6 Å². The summed E-state index contributed by atoms with van der Waals surface area (Å²) in [4.78, 5) is 57.0. The van der Waals surface area contributed by atoms with Gasteiger partial charge in [-0.1, -0.05) is 31.1 Å². The van der Waals surface area contributed by atoms with Crippen LogP contribution in [0.4, 0.5) is 11.4 Å². The molecule has 0 aliphatic heterocycles. The standard InChI is InChI=1S/C31H34N2O10/c34-17-24-16-22(11-13-29(24)41-20-26-27(32(37)38)6-5-7-28(26)33(39)40)18-42-30(35)8-3-1-2-4-9-31(36)43-19-25-15-21-10-12-23(25)14-21/h5-7,10-13,16-17,21,23,25H,1-4,8-9,14-15,18-20H2. The second-order valence-corrected chi connectivity index (χ2v) is 10.9. The lowest BCUT2D eigenvalue weighted by atomic mass is 9.95. The third kappa shape index (κ3) is 8.69. The van der Waals surface area contributed by atoms with Crippen molar-refractivity contribution >= 4 is 29.6 Å². The number of hydrogen-bond acceptors (Lipinski definition) is 10. The number of nitro benzene ring substituents is 2. The van der Waals surface area contributed by atoms with E-state index in [0.717, 1.165) is 31.4 Å². The second-order valence-electron chi connectivity index (χ2n) is 10.9. The van der Waals surface area contributed by atoms with E-state index in [0.29, 0.717) is 55.5 Å². The fourth-order valence-corrected chi connectivity index (χ4v) is 5.60. The van der Waals surface area contributed by atoms with Gasteiger partial charge in [0.25, 0.3) is 11.4 Å². The van der Waals surface area contributed by atoms with Crippen LogP contribution < -0.4 is 4.74 Å². The van der Waals surface area contributed by atoms with Crippen molar-refractivity contribution in [3.05, 3.63) is 85.5 Å². The van der Waals surface area contributed by atoms with Crippen LogP contribution >= 0.6 is 0 Å². The Morgan fingerprint density at radius 3 is 2.12 bits per heavy atom. The van der Waals surface area contributed by atoms with Crippen LogP contribution in [-0.4, -0.2) is 34.7 Å². The molecule has 2 bridgehead atoms. The SMILES string of the molecule is O=Cc1cc(COC(=O)CCCCCCC(=O)OCC2CC3C=CC2C3)ccc1OCc1c([N+](=O)[O-])cccc1[N+](=O)[O-]. The molecule has 3 unspecified atom stereocenters. The van der Waals surface area contributed by atoms with Crippen molar-refractivity contribution in [2.75, 3.05) is 6.61 Å². The fourth-order valence-electron chi connectivity index (χ4n) is 5.60. The molecule has 0 amide bonds. The summed E-state index contributed by atoms with van der Waals surface area (Å²) in [6, 6.07) is 7.95.